The minimum Gasteiger partial charge on any atom is -0.206 e. The summed E-state index contributed by atoms with van der Waals surface area (Å²) in [6.07, 6.45) is 7.95. The average Bonchev–Trinajstić information content (AvgIpc) is 2.65. The molecule has 0 N–H and O–H groups in total. The molecule has 2 aliphatic carbocycles. The maximum atomic E-state index is 15.0. The number of alkyl halides is 2. The van der Waals surface area contributed by atoms with Crippen LogP contribution in [0.1, 0.15) is 88.7 Å². The standard InChI is InChI=1S/C23H32F4/c1-3-5-15-6-8-17(9-7-15)18-11-13-20(23(26,27)14-18)19-12-10-16(4-2)21(24)22(19)25/h10,12,15,17-18,20H,3-9,11,13-14H2,1-2H3/t15?,17?,18-,20+/m0/s1. The van der Waals surface area contributed by atoms with Gasteiger partial charge in [0.15, 0.2) is 11.6 Å². The van der Waals surface area contributed by atoms with Crippen molar-refractivity contribution >= 4 is 0 Å². The Morgan fingerprint density at radius 1 is 0.889 bits per heavy atom. The Bertz CT molecular complexity index is 632. The largest absolute Gasteiger partial charge is 0.255 e. The molecule has 0 spiro atoms. The highest BCUT2D eigenvalue weighted by Crippen LogP contribution is 2.51. The second-order valence-corrected chi connectivity index (χ2v) is 8.72. The SMILES string of the molecule is CCCC1CCC([C@H]2CC[C@H](c3ccc(CC)c(F)c3F)C(F)(F)C2)CC1. The lowest BCUT2D eigenvalue weighted by Gasteiger charge is -2.41. The molecule has 1 aromatic carbocycles. The Morgan fingerprint density at radius 3 is 2.15 bits per heavy atom. The van der Waals surface area contributed by atoms with E-state index in [1.54, 1.807) is 6.92 Å². The first-order valence-corrected chi connectivity index (χ1v) is 10.7. The van der Waals surface area contributed by atoms with E-state index in [-0.39, 0.29) is 29.9 Å². The van der Waals surface area contributed by atoms with E-state index < -0.39 is 23.5 Å². The van der Waals surface area contributed by atoms with Crippen LogP contribution in [0.5, 0.6) is 0 Å². The summed E-state index contributed by atoms with van der Waals surface area (Å²) >= 11 is 0. The maximum absolute atomic E-state index is 15.0. The fourth-order valence-corrected chi connectivity index (χ4v) is 5.47. The van der Waals surface area contributed by atoms with Gasteiger partial charge in [-0.25, -0.2) is 17.6 Å². The number of hydrogen-bond donors (Lipinski definition) is 0. The molecule has 0 radical (unpaired) electrons. The molecule has 2 aliphatic rings. The third-order valence-electron chi connectivity index (χ3n) is 7.07. The average molecular weight is 385 g/mol. The monoisotopic (exact) mass is 384 g/mol. The molecule has 3 rings (SSSR count). The molecule has 2 saturated carbocycles. The van der Waals surface area contributed by atoms with Crippen LogP contribution >= 0.6 is 0 Å². The first-order valence-electron chi connectivity index (χ1n) is 10.7. The Labute approximate surface area is 160 Å². The van der Waals surface area contributed by atoms with Gasteiger partial charge >= 0.3 is 0 Å². The van der Waals surface area contributed by atoms with Gasteiger partial charge in [-0.15, -0.1) is 0 Å². The molecule has 2 atom stereocenters. The summed E-state index contributed by atoms with van der Waals surface area (Å²) in [5.74, 6) is -5.05. The van der Waals surface area contributed by atoms with Gasteiger partial charge in [0.05, 0.1) is 5.92 Å². The third-order valence-corrected chi connectivity index (χ3v) is 7.07. The van der Waals surface area contributed by atoms with Crippen molar-refractivity contribution < 1.29 is 17.6 Å². The smallest absolute Gasteiger partial charge is 0.206 e. The van der Waals surface area contributed by atoms with Gasteiger partial charge in [0.2, 0.25) is 0 Å². The molecule has 0 bridgehead atoms. The molecule has 27 heavy (non-hydrogen) atoms. The lowest BCUT2D eigenvalue weighted by molar-refractivity contribution is -0.0854. The Balaban J connectivity index is 1.69. The fraction of sp³-hybridized carbons (Fsp3) is 0.739. The molecule has 152 valence electrons. The predicted molar refractivity (Wildman–Crippen MR) is 101 cm³/mol. The lowest BCUT2D eigenvalue weighted by Crippen LogP contribution is -2.38. The number of halogens is 4. The number of rotatable bonds is 5. The second kappa shape index (κ2) is 8.53. The summed E-state index contributed by atoms with van der Waals surface area (Å²) < 4.78 is 58.5. The highest BCUT2D eigenvalue weighted by atomic mass is 19.3. The van der Waals surface area contributed by atoms with E-state index in [4.69, 9.17) is 0 Å². The van der Waals surface area contributed by atoms with Gasteiger partial charge in [0.1, 0.15) is 0 Å². The molecule has 0 saturated heterocycles. The lowest BCUT2D eigenvalue weighted by atomic mass is 9.66. The molecule has 0 heterocycles. The number of aryl methyl sites for hydroxylation is 1. The molecule has 0 aromatic heterocycles. The zero-order chi connectivity index (χ0) is 19.6. The van der Waals surface area contributed by atoms with E-state index in [1.807, 2.05) is 0 Å². The van der Waals surface area contributed by atoms with Crippen LogP contribution in [0.15, 0.2) is 12.1 Å². The minimum absolute atomic E-state index is 0.0154. The van der Waals surface area contributed by atoms with Crippen molar-refractivity contribution in [2.24, 2.45) is 17.8 Å². The number of hydrogen-bond acceptors (Lipinski definition) is 0. The van der Waals surface area contributed by atoms with Gasteiger partial charge in [-0.3, -0.25) is 0 Å². The second-order valence-electron chi connectivity index (χ2n) is 8.72. The molecular formula is C23H32F4. The summed E-state index contributed by atoms with van der Waals surface area (Å²) in [6, 6.07) is 2.84. The van der Waals surface area contributed by atoms with E-state index in [2.05, 4.69) is 6.92 Å². The molecule has 0 amide bonds. The highest BCUT2D eigenvalue weighted by molar-refractivity contribution is 5.31. The van der Waals surface area contributed by atoms with E-state index in [9.17, 15) is 17.6 Å². The van der Waals surface area contributed by atoms with Crippen LogP contribution in [0.2, 0.25) is 0 Å². The predicted octanol–water partition coefficient (Wildman–Crippen LogP) is 7.65. The van der Waals surface area contributed by atoms with Gasteiger partial charge in [0.25, 0.3) is 5.92 Å². The van der Waals surface area contributed by atoms with Crippen LogP contribution in [0, 0.1) is 29.4 Å². The third kappa shape index (κ3) is 4.35. The molecular weight excluding hydrogens is 352 g/mol. The van der Waals surface area contributed by atoms with E-state index in [1.165, 1.54) is 25.0 Å². The van der Waals surface area contributed by atoms with Gasteiger partial charge in [-0.2, -0.15) is 0 Å². The van der Waals surface area contributed by atoms with Crippen molar-refractivity contribution in [3.05, 3.63) is 34.9 Å². The van der Waals surface area contributed by atoms with Crippen LogP contribution in [0.25, 0.3) is 0 Å². The van der Waals surface area contributed by atoms with Crippen LogP contribution in [0.3, 0.4) is 0 Å². The molecule has 0 unspecified atom stereocenters. The topological polar surface area (TPSA) is 0 Å². The summed E-state index contributed by atoms with van der Waals surface area (Å²) in [7, 11) is 0. The maximum Gasteiger partial charge on any atom is 0.255 e. The van der Waals surface area contributed by atoms with Crippen LogP contribution in [0.4, 0.5) is 17.6 Å². The van der Waals surface area contributed by atoms with Crippen molar-refractivity contribution in [3.63, 3.8) is 0 Å². The molecule has 0 nitrogen and oxygen atoms in total. The van der Waals surface area contributed by atoms with Crippen molar-refractivity contribution in [2.45, 2.75) is 89.9 Å². The summed E-state index contributed by atoms with van der Waals surface area (Å²) in [4.78, 5) is 0. The minimum atomic E-state index is -2.97. The number of benzene rings is 1. The van der Waals surface area contributed by atoms with Gasteiger partial charge in [-0.1, -0.05) is 51.7 Å². The van der Waals surface area contributed by atoms with Crippen molar-refractivity contribution in [3.8, 4) is 0 Å². The van der Waals surface area contributed by atoms with Crippen molar-refractivity contribution in [2.75, 3.05) is 0 Å². The summed E-state index contributed by atoms with van der Waals surface area (Å²) in [5, 5.41) is 0. The van der Waals surface area contributed by atoms with Crippen LogP contribution in [-0.2, 0) is 6.42 Å². The normalized spacial score (nSPS) is 31.0. The quantitative estimate of drug-likeness (QED) is 0.457. The van der Waals surface area contributed by atoms with Gasteiger partial charge < -0.3 is 0 Å². The molecule has 0 aliphatic heterocycles. The van der Waals surface area contributed by atoms with E-state index in [0.717, 1.165) is 31.6 Å². The highest BCUT2D eigenvalue weighted by Gasteiger charge is 2.48. The van der Waals surface area contributed by atoms with E-state index in [0.29, 0.717) is 18.8 Å². The van der Waals surface area contributed by atoms with Crippen molar-refractivity contribution in [1.82, 2.24) is 0 Å². The first kappa shape index (κ1) is 20.7. The molecule has 2 fully saturated rings. The van der Waals surface area contributed by atoms with Crippen LogP contribution in [-0.4, -0.2) is 5.92 Å². The molecule has 4 heteroatoms. The Hall–Kier alpha value is -1.06. The zero-order valence-electron chi connectivity index (χ0n) is 16.5. The van der Waals surface area contributed by atoms with Crippen molar-refractivity contribution in [1.29, 1.82) is 0 Å². The summed E-state index contributed by atoms with van der Waals surface area (Å²) in [5.41, 5.74) is 0.108. The summed E-state index contributed by atoms with van der Waals surface area (Å²) in [6.45, 7) is 3.93. The van der Waals surface area contributed by atoms with E-state index >= 15 is 0 Å². The van der Waals surface area contributed by atoms with Gasteiger partial charge in [-0.05, 0) is 61.0 Å². The first-order chi connectivity index (χ1) is 12.9. The zero-order valence-corrected chi connectivity index (χ0v) is 16.5. The Morgan fingerprint density at radius 2 is 1.56 bits per heavy atom. The molecule has 1 aromatic rings. The van der Waals surface area contributed by atoms with Gasteiger partial charge in [0, 0.05) is 6.42 Å². The fourth-order valence-electron chi connectivity index (χ4n) is 5.47. The van der Waals surface area contributed by atoms with Crippen LogP contribution < -0.4 is 0 Å². The Kier molecular flexibility index (Phi) is 6.53.